The van der Waals surface area contributed by atoms with Gasteiger partial charge in [0, 0.05) is 23.9 Å². The lowest BCUT2D eigenvalue weighted by molar-refractivity contribution is 0.153. The summed E-state index contributed by atoms with van der Waals surface area (Å²) in [5.74, 6) is 0.703. The summed E-state index contributed by atoms with van der Waals surface area (Å²) in [5.41, 5.74) is 1.30. The highest BCUT2D eigenvalue weighted by Gasteiger charge is 2.27. The van der Waals surface area contributed by atoms with Crippen molar-refractivity contribution in [3.8, 4) is 0 Å². The fraction of sp³-hybridized carbons (Fsp3) is 0.667. The summed E-state index contributed by atoms with van der Waals surface area (Å²) in [7, 11) is 0. The molecule has 2 fully saturated rings. The van der Waals surface area contributed by atoms with Crippen LogP contribution in [0.1, 0.15) is 50.1 Å². The lowest BCUT2D eigenvalue weighted by Gasteiger charge is -2.35. The van der Waals surface area contributed by atoms with Crippen molar-refractivity contribution in [2.75, 3.05) is 13.1 Å². The van der Waals surface area contributed by atoms with Crippen LogP contribution in [0.2, 0.25) is 0 Å². The van der Waals surface area contributed by atoms with E-state index in [2.05, 4.69) is 22.0 Å². The van der Waals surface area contributed by atoms with E-state index in [4.69, 9.17) is 0 Å². The molecule has 0 amide bonds. The minimum atomic E-state index is 0.703. The molecule has 2 heteroatoms. The Morgan fingerprint density at radius 3 is 2.41 bits per heavy atom. The molecule has 92 valence electrons. The smallest absolute Gasteiger partial charge is 0.0435 e. The number of likely N-dealkylation sites (tertiary alicyclic amines) is 1. The largest absolute Gasteiger partial charge is 0.300 e. The van der Waals surface area contributed by atoms with Crippen molar-refractivity contribution in [2.24, 2.45) is 0 Å². The molecular weight excluding hydrogens is 208 g/mol. The lowest BCUT2D eigenvalue weighted by Crippen LogP contribution is -2.39. The van der Waals surface area contributed by atoms with Gasteiger partial charge in [-0.05, 0) is 50.9 Å². The van der Waals surface area contributed by atoms with Gasteiger partial charge in [-0.25, -0.2) is 0 Å². The summed E-state index contributed by atoms with van der Waals surface area (Å²) in [6, 6.07) is 7.22. The normalized spacial score (nSPS) is 24.2. The fourth-order valence-corrected chi connectivity index (χ4v) is 3.45. The molecule has 3 rings (SSSR count). The fourth-order valence-electron chi connectivity index (χ4n) is 3.45. The number of rotatable bonds is 2. The van der Waals surface area contributed by atoms with Crippen LogP contribution in [0, 0.1) is 0 Å². The van der Waals surface area contributed by atoms with Crippen LogP contribution >= 0.6 is 0 Å². The Morgan fingerprint density at radius 2 is 1.76 bits per heavy atom. The second-order valence-electron chi connectivity index (χ2n) is 5.50. The molecule has 1 saturated carbocycles. The first-order chi connectivity index (χ1) is 8.43. The van der Waals surface area contributed by atoms with Crippen LogP contribution in [0.5, 0.6) is 0 Å². The SMILES string of the molecule is c1ccc(C2CCN(C3CCCC3)CC2)nc1. The third kappa shape index (κ3) is 2.52. The highest BCUT2D eigenvalue weighted by molar-refractivity contribution is 5.10. The zero-order valence-corrected chi connectivity index (χ0v) is 10.5. The Labute approximate surface area is 104 Å². The summed E-state index contributed by atoms with van der Waals surface area (Å²) >= 11 is 0. The Morgan fingerprint density at radius 1 is 1.00 bits per heavy atom. The summed E-state index contributed by atoms with van der Waals surface area (Å²) in [6.45, 7) is 2.57. The number of nitrogens with zero attached hydrogens (tertiary/aromatic N) is 2. The standard InChI is InChI=1S/C15H22N2/c1-2-6-14(5-1)17-11-8-13(9-12-17)15-7-3-4-10-16-15/h3-4,7,10,13-14H,1-2,5-6,8-9,11-12H2. The van der Waals surface area contributed by atoms with Crippen molar-refractivity contribution in [3.63, 3.8) is 0 Å². The molecule has 2 aliphatic rings. The first kappa shape index (κ1) is 11.2. The van der Waals surface area contributed by atoms with E-state index in [9.17, 15) is 0 Å². The van der Waals surface area contributed by atoms with Gasteiger partial charge in [0.1, 0.15) is 0 Å². The molecule has 0 N–H and O–H groups in total. The first-order valence-corrected chi connectivity index (χ1v) is 7.08. The molecule has 1 aliphatic heterocycles. The lowest BCUT2D eigenvalue weighted by atomic mass is 9.92. The van der Waals surface area contributed by atoms with Gasteiger partial charge in [-0.2, -0.15) is 0 Å². The highest BCUT2D eigenvalue weighted by atomic mass is 15.2. The maximum absolute atomic E-state index is 4.51. The van der Waals surface area contributed by atoms with Crippen LogP contribution in [0.25, 0.3) is 0 Å². The van der Waals surface area contributed by atoms with E-state index in [1.165, 1.54) is 57.3 Å². The van der Waals surface area contributed by atoms with Crippen LogP contribution in [0.3, 0.4) is 0 Å². The van der Waals surface area contributed by atoms with Gasteiger partial charge in [-0.15, -0.1) is 0 Å². The number of pyridine rings is 1. The van der Waals surface area contributed by atoms with Gasteiger partial charge in [-0.1, -0.05) is 18.9 Å². The molecular formula is C15H22N2. The monoisotopic (exact) mass is 230 g/mol. The minimum Gasteiger partial charge on any atom is -0.300 e. The average molecular weight is 230 g/mol. The van der Waals surface area contributed by atoms with Gasteiger partial charge in [0.25, 0.3) is 0 Å². The Bertz CT molecular complexity index is 335. The summed E-state index contributed by atoms with van der Waals surface area (Å²) in [4.78, 5) is 7.24. The first-order valence-electron chi connectivity index (χ1n) is 7.08. The van der Waals surface area contributed by atoms with Gasteiger partial charge in [0.05, 0.1) is 0 Å². The highest BCUT2D eigenvalue weighted by Crippen LogP contribution is 2.31. The van der Waals surface area contributed by atoms with Gasteiger partial charge < -0.3 is 4.90 Å². The minimum absolute atomic E-state index is 0.703. The van der Waals surface area contributed by atoms with E-state index in [0.717, 1.165) is 6.04 Å². The molecule has 0 unspecified atom stereocenters. The quantitative estimate of drug-likeness (QED) is 0.775. The summed E-state index contributed by atoms with van der Waals surface area (Å²) in [5, 5.41) is 0. The van der Waals surface area contributed by atoms with E-state index >= 15 is 0 Å². The molecule has 0 aromatic carbocycles. The van der Waals surface area contributed by atoms with Crippen molar-refractivity contribution >= 4 is 0 Å². The van der Waals surface area contributed by atoms with Crippen molar-refractivity contribution in [3.05, 3.63) is 30.1 Å². The maximum atomic E-state index is 4.51. The molecule has 1 aromatic rings. The van der Waals surface area contributed by atoms with Crippen molar-refractivity contribution in [1.29, 1.82) is 0 Å². The maximum Gasteiger partial charge on any atom is 0.0435 e. The van der Waals surface area contributed by atoms with Crippen molar-refractivity contribution in [2.45, 2.75) is 50.5 Å². The second-order valence-corrected chi connectivity index (χ2v) is 5.50. The zero-order chi connectivity index (χ0) is 11.5. The molecule has 2 heterocycles. The van der Waals surface area contributed by atoms with Gasteiger partial charge >= 0.3 is 0 Å². The van der Waals surface area contributed by atoms with Gasteiger partial charge in [-0.3, -0.25) is 4.98 Å². The van der Waals surface area contributed by atoms with Gasteiger partial charge in [0.2, 0.25) is 0 Å². The third-order valence-electron chi connectivity index (χ3n) is 4.48. The van der Waals surface area contributed by atoms with Crippen molar-refractivity contribution < 1.29 is 0 Å². The summed E-state index contributed by atoms with van der Waals surface area (Å²) < 4.78 is 0. The molecule has 1 aromatic heterocycles. The second kappa shape index (κ2) is 5.18. The Hall–Kier alpha value is -0.890. The van der Waals surface area contributed by atoms with Crippen LogP contribution in [0.4, 0.5) is 0 Å². The molecule has 1 saturated heterocycles. The number of piperidine rings is 1. The topological polar surface area (TPSA) is 16.1 Å². The molecule has 0 spiro atoms. The Balaban J connectivity index is 1.57. The number of aromatic nitrogens is 1. The molecule has 17 heavy (non-hydrogen) atoms. The predicted molar refractivity (Wildman–Crippen MR) is 70.0 cm³/mol. The number of hydrogen-bond donors (Lipinski definition) is 0. The van der Waals surface area contributed by atoms with Crippen LogP contribution < -0.4 is 0 Å². The van der Waals surface area contributed by atoms with Crippen LogP contribution in [-0.2, 0) is 0 Å². The Kier molecular flexibility index (Phi) is 3.41. The van der Waals surface area contributed by atoms with E-state index in [1.807, 2.05) is 12.3 Å². The predicted octanol–water partition coefficient (Wildman–Crippen LogP) is 3.20. The zero-order valence-electron chi connectivity index (χ0n) is 10.5. The number of hydrogen-bond acceptors (Lipinski definition) is 2. The molecule has 0 bridgehead atoms. The molecule has 1 aliphatic carbocycles. The van der Waals surface area contributed by atoms with E-state index in [1.54, 1.807) is 0 Å². The van der Waals surface area contributed by atoms with E-state index < -0.39 is 0 Å². The molecule has 0 atom stereocenters. The van der Waals surface area contributed by atoms with Gasteiger partial charge in [0.15, 0.2) is 0 Å². The van der Waals surface area contributed by atoms with E-state index in [-0.39, 0.29) is 0 Å². The van der Waals surface area contributed by atoms with Crippen LogP contribution in [-0.4, -0.2) is 29.0 Å². The molecule has 0 radical (unpaired) electrons. The average Bonchev–Trinajstić information content (AvgIpc) is 2.94. The third-order valence-corrected chi connectivity index (χ3v) is 4.48. The van der Waals surface area contributed by atoms with E-state index in [0.29, 0.717) is 5.92 Å². The molecule has 2 nitrogen and oxygen atoms in total. The van der Waals surface area contributed by atoms with Crippen molar-refractivity contribution in [1.82, 2.24) is 9.88 Å². The van der Waals surface area contributed by atoms with Crippen LogP contribution in [0.15, 0.2) is 24.4 Å². The summed E-state index contributed by atoms with van der Waals surface area (Å²) in [6.07, 6.45) is 10.3.